The van der Waals surface area contributed by atoms with E-state index in [1.165, 1.54) is 0 Å². The summed E-state index contributed by atoms with van der Waals surface area (Å²) in [6.45, 7) is 16.2. The van der Waals surface area contributed by atoms with Crippen LogP contribution in [0, 0.1) is 13.8 Å². The van der Waals surface area contributed by atoms with Gasteiger partial charge in [-0.05, 0) is 69.7 Å². The van der Waals surface area contributed by atoms with Crippen LogP contribution < -0.4 is 4.74 Å². The molecule has 38 heavy (non-hydrogen) atoms. The predicted octanol–water partition coefficient (Wildman–Crippen LogP) is 2.31. The molecule has 0 N–H and O–H groups in total. The molecule has 2 aliphatic heterocycles. The number of sulfonamides is 1. The number of rotatable bonds is 13. The first kappa shape index (κ1) is 31.2. The van der Waals surface area contributed by atoms with Crippen LogP contribution in [0.4, 0.5) is 0 Å². The minimum absolute atomic E-state index is 0.0163. The van der Waals surface area contributed by atoms with Crippen molar-refractivity contribution in [2.75, 3.05) is 90.7 Å². The summed E-state index contributed by atoms with van der Waals surface area (Å²) < 4.78 is 40.1. The third kappa shape index (κ3) is 8.08. The summed E-state index contributed by atoms with van der Waals surface area (Å²) in [5, 5.41) is 0. The number of benzene rings is 1. The summed E-state index contributed by atoms with van der Waals surface area (Å²) in [7, 11) is -2.13. The fourth-order valence-corrected chi connectivity index (χ4v) is 8.57. The van der Waals surface area contributed by atoms with Crippen molar-refractivity contribution in [2.24, 2.45) is 0 Å². The number of piperazine rings is 1. The number of aryl methyl sites for hydroxylation is 2. The Morgan fingerprint density at radius 2 is 1.74 bits per heavy atom. The summed E-state index contributed by atoms with van der Waals surface area (Å²) in [6.07, 6.45) is 1.15. The molecule has 0 aliphatic carbocycles. The van der Waals surface area contributed by atoms with Crippen molar-refractivity contribution < 1.29 is 22.7 Å². The summed E-state index contributed by atoms with van der Waals surface area (Å²) >= 11 is 1.72. The third-order valence-corrected chi connectivity index (χ3v) is 10.9. The van der Waals surface area contributed by atoms with Gasteiger partial charge in [0.05, 0.1) is 24.7 Å². The molecule has 0 saturated carbocycles. The first-order chi connectivity index (χ1) is 18.2. The highest BCUT2D eigenvalue weighted by molar-refractivity contribution is 7.99. The van der Waals surface area contributed by atoms with Crippen LogP contribution in [0.3, 0.4) is 0 Å². The van der Waals surface area contributed by atoms with Gasteiger partial charge < -0.3 is 19.3 Å². The number of hydrogen-bond acceptors (Lipinski definition) is 8. The zero-order valence-electron chi connectivity index (χ0n) is 23.8. The van der Waals surface area contributed by atoms with Gasteiger partial charge in [-0.2, -0.15) is 16.1 Å². The Balaban J connectivity index is 1.49. The molecule has 2 saturated heterocycles. The Morgan fingerprint density at radius 1 is 1.08 bits per heavy atom. The molecule has 1 amide bonds. The maximum Gasteiger partial charge on any atom is 0.248 e. The molecule has 11 heteroatoms. The number of carbonyl (C=O) groups excluding carboxylic acids is 1. The number of ether oxygens (including phenoxy) is 2. The molecule has 0 bridgehead atoms. The summed E-state index contributed by atoms with van der Waals surface area (Å²) in [6, 6.07) is 3.20. The summed E-state index contributed by atoms with van der Waals surface area (Å²) in [5.74, 6) is 2.01. The molecule has 1 atom stereocenters. The second-order valence-electron chi connectivity index (χ2n) is 10.1. The molecule has 2 heterocycles. The number of methoxy groups -OCH3 is 1. The standard InChI is InChI=1S/C27H46N4O5S2/c1-6-28(7-2)9-8-10-29-11-13-30(14-12-29)26(32)20-36-19-24-21-37-16-15-31(24)38(33,34)27-22(3)17-25(35-5)18-23(27)4/h17-18,24H,6-16,19-21H2,1-5H3. The van der Waals surface area contributed by atoms with E-state index < -0.39 is 10.0 Å². The van der Waals surface area contributed by atoms with Crippen molar-refractivity contribution in [2.45, 2.75) is 45.1 Å². The second-order valence-corrected chi connectivity index (χ2v) is 13.0. The van der Waals surface area contributed by atoms with Gasteiger partial charge in [0.15, 0.2) is 0 Å². The lowest BCUT2D eigenvalue weighted by molar-refractivity contribution is -0.138. The van der Waals surface area contributed by atoms with Crippen molar-refractivity contribution in [3.63, 3.8) is 0 Å². The number of thioether (sulfide) groups is 1. The number of amides is 1. The second kappa shape index (κ2) is 14.9. The van der Waals surface area contributed by atoms with Crippen LogP contribution in [0.1, 0.15) is 31.4 Å². The maximum absolute atomic E-state index is 13.7. The minimum atomic E-state index is -3.71. The normalized spacial score (nSPS) is 19.7. The van der Waals surface area contributed by atoms with E-state index in [-0.39, 0.29) is 25.2 Å². The molecule has 0 radical (unpaired) electrons. The number of nitrogens with zero attached hydrogens (tertiary/aromatic N) is 4. The molecular formula is C27H46N4O5S2. The summed E-state index contributed by atoms with van der Waals surface area (Å²) in [5.41, 5.74) is 1.34. The molecule has 2 fully saturated rings. The van der Waals surface area contributed by atoms with Crippen LogP contribution in [0.5, 0.6) is 5.75 Å². The van der Waals surface area contributed by atoms with Crippen molar-refractivity contribution in [3.8, 4) is 5.75 Å². The highest BCUT2D eigenvalue weighted by Crippen LogP contribution is 2.31. The summed E-state index contributed by atoms with van der Waals surface area (Å²) in [4.78, 5) is 19.9. The molecule has 0 aromatic heterocycles. The van der Waals surface area contributed by atoms with E-state index in [9.17, 15) is 13.2 Å². The average molecular weight is 571 g/mol. The number of carbonyl (C=O) groups is 1. The van der Waals surface area contributed by atoms with Crippen molar-refractivity contribution in [1.29, 1.82) is 0 Å². The van der Waals surface area contributed by atoms with E-state index in [1.807, 2.05) is 4.90 Å². The van der Waals surface area contributed by atoms with E-state index in [2.05, 4.69) is 23.6 Å². The van der Waals surface area contributed by atoms with Crippen molar-refractivity contribution in [3.05, 3.63) is 23.3 Å². The topological polar surface area (TPSA) is 82.6 Å². The van der Waals surface area contributed by atoms with Gasteiger partial charge in [0.2, 0.25) is 15.9 Å². The van der Waals surface area contributed by atoms with Crippen LogP contribution in [-0.4, -0.2) is 130 Å². The van der Waals surface area contributed by atoms with Gasteiger partial charge in [0.1, 0.15) is 12.4 Å². The van der Waals surface area contributed by atoms with Crippen LogP contribution >= 0.6 is 11.8 Å². The Morgan fingerprint density at radius 3 is 2.34 bits per heavy atom. The zero-order chi connectivity index (χ0) is 27.7. The fourth-order valence-electron chi connectivity index (χ4n) is 5.29. The van der Waals surface area contributed by atoms with Gasteiger partial charge in [0.25, 0.3) is 0 Å². The van der Waals surface area contributed by atoms with Crippen LogP contribution in [0.15, 0.2) is 17.0 Å². The van der Waals surface area contributed by atoms with Crippen molar-refractivity contribution >= 4 is 27.7 Å². The monoisotopic (exact) mass is 570 g/mol. The first-order valence-electron chi connectivity index (χ1n) is 13.8. The molecule has 1 aromatic carbocycles. The quantitative estimate of drug-likeness (QED) is 0.358. The lowest BCUT2D eigenvalue weighted by atomic mass is 10.1. The maximum atomic E-state index is 13.7. The zero-order valence-corrected chi connectivity index (χ0v) is 25.4. The Labute approximate surface area is 233 Å². The van der Waals surface area contributed by atoms with Gasteiger partial charge in [-0.15, -0.1) is 0 Å². The largest absolute Gasteiger partial charge is 0.497 e. The highest BCUT2D eigenvalue weighted by atomic mass is 32.2. The lowest BCUT2D eigenvalue weighted by Gasteiger charge is -2.36. The molecule has 216 valence electrons. The molecule has 0 spiro atoms. The van der Waals surface area contributed by atoms with Crippen LogP contribution in [0.25, 0.3) is 0 Å². The molecule has 3 rings (SSSR count). The number of hydrogen-bond donors (Lipinski definition) is 0. The lowest BCUT2D eigenvalue weighted by Crippen LogP contribution is -2.51. The van der Waals surface area contributed by atoms with Gasteiger partial charge in [-0.25, -0.2) is 8.42 Å². The Bertz CT molecular complexity index is 988. The van der Waals surface area contributed by atoms with Gasteiger partial charge in [-0.3, -0.25) is 9.69 Å². The molecule has 1 unspecified atom stereocenters. The Hall–Kier alpha value is -1.37. The van der Waals surface area contributed by atoms with Gasteiger partial charge in [-0.1, -0.05) is 13.8 Å². The van der Waals surface area contributed by atoms with Gasteiger partial charge in [0, 0.05) is 44.2 Å². The molecule has 2 aliphatic rings. The Kier molecular flexibility index (Phi) is 12.2. The van der Waals surface area contributed by atoms with E-state index in [4.69, 9.17) is 9.47 Å². The van der Waals surface area contributed by atoms with Crippen molar-refractivity contribution in [1.82, 2.24) is 19.0 Å². The van der Waals surface area contributed by atoms with E-state index in [1.54, 1.807) is 49.2 Å². The highest BCUT2D eigenvalue weighted by Gasteiger charge is 2.36. The smallest absolute Gasteiger partial charge is 0.248 e. The predicted molar refractivity (Wildman–Crippen MR) is 154 cm³/mol. The fraction of sp³-hybridized carbons (Fsp3) is 0.741. The molecule has 9 nitrogen and oxygen atoms in total. The molecule has 1 aromatic rings. The average Bonchev–Trinajstić information content (AvgIpc) is 2.91. The molecular weight excluding hydrogens is 524 g/mol. The van der Waals surface area contributed by atoms with E-state index >= 15 is 0 Å². The van der Waals surface area contributed by atoms with Crippen LogP contribution in [-0.2, 0) is 19.6 Å². The van der Waals surface area contributed by atoms with E-state index in [0.29, 0.717) is 47.2 Å². The third-order valence-electron chi connectivity index (χ3n) is 7.51. The SMILES string of the molecule is CCN(CC)CCCN1CCN(C(=O)COCC2CSCCN2S(=O)(=O)c2c(C)cc(OC)cc2C)CC1. The van der Waals surface area contributed by atoms with Gasteiger partial charge >= 0.3 is 0 Å². The van der Waals surface area contributed by atoms with Crippen LogP contribution in [0.2, 0.25) is 0 Å². The first-order valence-corrected chi connectivity index (χ1v) is 16.4. The minimum Gasteiger partial charge on any atom is -0.497 e. The van der Waals surface area contributed by atoms with E-state index in [0.717, 1.165) is 51.4 Å².